The molecule has 1 aromatic rings. The Labute approximate surface area is 106 Å². The standard InChI is InChI=1S/C14H18FNO2/c15-12-9-11(3-1-4-16-5-2-6-16)10-13-14(12)18-8-7-17-13/h9-10H,1-8H2. The van der Waals surface area contributed by atoms with Crippen molar-refractivity contribution in [3.05, 3.63) is 23.5 Å². The number of nitrogens with zero attached hydrogens (tertiary/aromatic N) is 1. The third kappa shape index (κ3) is 2.43. The number of ether oxygens (including phenoxy) is 2. The van der Waals surface area contributed by atoms with E-state index in [1.54, 1.807) is 6.07 Å². The molecule has 0 N–H and O–H groups in total. The Morgan fingerprint density at radius 2 is 2.00 bits per heavy atom. The van der Waals surface area contributed by atoms with E-state index in [2.05, 4.69) is 4.90 Å². The van der Waals surface area contributed by atoms with Gasteiger partial charge in [0.05, 0.1) is 0 Å². The second-order valence-electron chi connectivity index (χ2n) is 4.90. The molecule has 2 aliphatic rings. The molecule has 4 heteroatoms. The van der Waals surface area contributed by atoms with Gasteiger partial charge in [-0.25, -0.2) is 4.39 Å². The first kappa shape index (κ1) is 11.8. The predicted octanol–water partition coefficient (Wildman–Crippen LogP) is 2.24. The van der Waals surface area contributed by atoms with Crippen LogP contribution in [0.15, 0.2) is 12.1 Å². The second-order valence-corrected chi connectivity index (χ2v) is 4.90. The van der Waals surface area contributed by atoms with Crippen LogP contribution in [0.4, 0.5) is 4.39 Å². The van der Waals surface area contributed by atoms with Crippen molar-refractivity contribution in [3.8, 4) is 11.5 Å². The Kier molecular flexibility index (Phi) is 3.37. The average Bonchev–Trinajstić information content (AvgIpc) is 2.32. The SMILES string of the molecule is Fc1cc(CCCN2CCC2)cc2c1OCCO2. The third-order valence-corrected chi connectivity index (χ3v) is 3.55. The first-order chi connectivity index (χ1) is 8.83. The number of benzene rings is 1. The molecule has 98 valence electrons. The van der Waals surface area contributed by atoms with Gasteiger partial charge in [0, 0.05) is 0 Å². The fraction of sp³-hybridized carbons (Fsp3) is 0.571. The maximum atomic E-state index is 13.8. The summed E-state index contributed by atoms with van der Waals surface area (Å²) < 4.78 is 24.5. The molecule has 0 atom stereocenters. The number of hydrogen-bond donors (Lipinski definition) is 0. The van der Waals surface area contributed by atoms with E-state index in [0.717, 1.165) is 24.9 Å². The Hall–Kier alpha value is -1.29. The number of halogens is 1. The molecule has 3 nitrogen and oxygen atoms in total. The monoisotopic (exact) mass is 251 g/mol. The molecule has 0 aliphatic carbocycles. The third-order valence-electron chi connectivity index (χ3n) is 3.55. The van der Waals surface area contributed by atoms with E-state index < -0.39 is 0 Å². The molecule has 1 saturated heterocycles. The molecular formula is C14H18FNO2. The van der Waals surface area contributed by atoms with E-state index in [4.69, 9.17) is 9.47 Å². The second kappa shape index (κ2) is 5.14. The molecule has 0 radical (unpaired) electrons. The first-order valence-electron chi connectivity index (χ1n) is 6.63. The van der Waals surface area contributed by atoms with Gasteiger partial charge in [-0.2, -0.15) is 0 Å². The highest BCUT2D eigenvalue weighted by molar-refractivity contribution is 5.45. The van der Waals surface area contributed by atoms with Gasteiger partial charge in [-0.1, -0.05) is 0 Å². The van der Waals surface area contributed by atoms with Crippen LogP contribution in [0.2, 0.25) is 0 Å². The van der Waals surface area contributed by atoms with E-state index in [1.165, 1.54) is 19.5 Å². The van der Waals surface area contributed by atoms with Crippen molar-refractivity contribution < 1.29 is 13.9 Å². The minimum absolute atomic E-state index is 0.271. The Bertz CT molecular complexity index is 432. The van der Waals surface area contributed by atoms with Gasteiger partial charge in [0.25, 0.3) is 0 Å². The molecule has 0 aromatic heterocycles. The molecule has 1 aromatic carbocycles. The number of rotatable bonds is 4. The summed E-state index contributed by atoms with van der Waals surface area (Å²) in [5, 5.41) is 0. The lowest BCUT2D eigenvalue weighted by molar-refractivity contribution is 0.164. The molecule has 0 unspecified atom stereocenters. The fourth-order valence-corrected chi connectivity index (χ4v) is 2.42. The van der Waals surface area contributed by atoms with Gasteiger partial charge >= 0.3 is 0 Å². The zero-order chi connectivity index (χ0) is 12.4. The van der Waals surface area contributed by atoms with E-state index in [1.807, 2.05) is 6.07 Å². The number of aryl methyl sites for hydroxylation is 1. The van der Waals surface area contributed by atoms with Crippen LogP contribution in [0.5, 0.6) is 11.5 Å². The van der Waals surface area contributed by atoms with Crippen molar-refractivity contribution >= 4 is 0 Å². The van der Waals surface area contributed by atoms with Gasteiger partial charge in [-0.15, -0.1) is 0 Å². The van der Waals surface area contributed by atoms with Gasteiger partial charge in [0.15, 0.2) is 17.3 Å². The number of hydrogen-bond acceptors (Lipinski definition) is 3. The van der Waals surface area contributed by atoms with Crippen LogP contribution in [-0.4, -0.2) is 37.7 Å². The highest BCUT2D eigenvalue weighted by atomic mass is 19.1. The first-order valence-corrected chi connectivity index (χ1v) is 6.63. The molecule has 18 heavy (non-hydrogen) atoms. The minimum atomic E-state index is -0.300. The van der Waals surface area contributed by atoms with Crippen LogP contribution in [0.1, 0.15) is 18.4 Å². The van der Waals surface area contributed by atoms with Crippen LogP contribution in [-0.2, 0) is 6.42 Å². The fourth-order valence-electron chi connectivity index (χ4n) is 2.42. The highest BCUT2D eigenvalue weighted by Crippen LogP contribution is 2.34. The zero-order valence-corrected chi connectivity index (χ0v) is 10.5. The van der Waals surface area contributed by atoms with Crippen molar-refractivity contribution in [2.24, 2.45) is 0 Å². The lowest BCUT2D eigenvalue weighted by atomic mass is 10.1. The lowest BCUT2D eigenvalue weighted by Crippen LogP contribution is -2.37. The Morgan fingerprint density at radius 1 is 1.17 bits per heavy atom. The normalized spacial score (nSPS) is 18.5. The van der Waals surface area contributed by atoms with E-state index in [0.29, 0.717) is 19.0 Å². The maximum Gasteiger partial charge on any atom is 0.197 e. The summed E-state index contributed by atoms with van der Waals surface area (Å²) in [6, 6.07) is 3.48. The van der Waals surface area contributed by atoms with E-state index in [9.17, 15) is 4.39 Å². The van der Waals surface area contributed by atoms with Crippen LogP contribution >= 0.6 is 0 Å². The Balaban J connectivity index is 1.62. The summed E-state index contributed by atoms with van der Waals surface area (Å²) in [7, 11) is 0. The summed E-state index contributed by atoms with van der Waals surface area (Å²) >= 11 is 0. The molecule has 0 bridgehead atoms. The molecule has 0 saturated carbocycles. The summed E-state index contributed by atoms with van der Waals surface area (Å²) in [6.07, 6.45) is 3.28. The van der Waals surface area contributed by atoms with E-state index in [-0.39, 0.29) is 11.6 Å². The number of fused-ring (bicyclic) bond motifs is 1. The molecule has 2 heterocycles. The molecule has 0 amide bonds. The van der Waals surface area contributed by atoms with Gasteiger partial charge < -0.3 is 14.4 Å². The van der Waals surface area contributed by atoms with Crippen molar-refractivity contribution in [3.63, 3.8) is 0 Å². The van der Waals surface area contributed by atoms with Crippen LogP contribution in [0.25, 0.3) is 0 Å². The minimum Gasteiger partial charge on any atom is -0.486 e. The topological polar surface area (TPSA) is 21.7 Å². The maximum absolute atomic E-state index is 13.8. The summed E-state index contributed by atoms with van der Waals surface area (Å²) in [5.74, 6) is 0.527. The van der Waals surface area contributed by atoms with Crippen LogP contribution in [0, 0.1) is 5.82 Å². The van der Waals surface area contributed by atoms with Gasteiger partial charge in [-0.05, 0) is 56.6 Å². The highest BCUT2D eigenvalue weighted by Gasteiger charge is 2.18. The zero-order valence-electron chi connectivity index (χ0n) is 10.5. The average molecular weight is 251 g/mol. The summed E-state index contributed by atoms with van der Waals surface area (Å²) in [4.78, 5) is 2.42. The lowest BCUT2D eigenvalue weighted by Gasteiger charge is -2.30. The largest absolute Gasteiger partial charge is 0.486 e. The van der Waals surface area contributed by atoms with Crippen LogP contribution in [0.3, 0.4) is 0 Å². The smallest absolute Gasteiger partial charge is 0.197 e. The summed E-state index contributed by atoms with van der Waals surface area (Å²) in [5.41, 5.74) is 0.997. The predicted molar refractivity (Wildman–Crippen MR) is 66.8 cm³/mol. The van der Waals surface area contributed by atoms with Gasteiger partial charge in [0.1, 0.15) is 13.2 Å². The van der Waals surface area contributed by atoms with Crippen molar-refractivity contribution in [1.82, 2.24) is 4.90 Å². The van der Waals surface area contributed by atoms with Gasteiger partial charge in [0.2, 0.25) is 0 Å². The van der Waals surface area contributed by atoms with Gasteiger partial charge in [-0.3, -0.25) is 0 Å². The molecule has 3 rings (SSSR count). The van der Waals surface area contributed by atoms with Crippen LogP contribution < -0.4 is 9.47 Å². The Morgan fingerprint density at radius 3 is 2.78 bits per heavy atom. The number of likely N-dealkylation sites (tertiary alicyclic amines) is 1. The van der Waals surface area contributed by atoms with Crippen molar-refractivity contribution in [2.45, 2.75) is 19.3 Å². The molecular weight excluding hydrogens is 233 g/mol. The molecule has 0 spiro atoms. The quantitative estimate of drug-likeness (QED) is 0.819. The molecule has 2 aliphatic heterocycles. The molecule has 1 fully saturated rings. The van der Waals surface area contributed by atoms with Crippen molar-refractivity contribution in [1.29, 1.82) is 0 Å². The summed E-state index contributed by atoms with van der Waals surface area (Å²) in [6.45, 7) is 4.48. The van der Waals surface area contributed by atoms with Crippen molar-refractivity contribution in [2.75, 3.05) is 32.8 Å². The van der Waals surface area contributed by atoms with E-state index >= 15 is 0 Å².